The van der Waals surface area contributed by atoms with Crippen LogP contribution in [0, 0.1) is 11.2 Å². The molecule has 1 aromatic carbocycles. The van der Waals surface area contributed by atoms with E-state index in [-0.39, 0.29) is 35.7 Å². The SMILES string of the molecule is CCNC(=O)C(C)(C)CNC(=NC)N1CCN(c2ccccc2F)CC1.I. The van der Waals surface area contributed by atoms with Gasteiger partial charge < -0.3 is 20.4 Å². The molecule has 1 saturated heterocycles. The van der Waals surface area contributed by atoms with E-state index in [1.807, 2.05) is 32.9 Å². The van der Waals surface area contributed by atoms with Crippen LogP contribution in [0.1, 0.15) is 20.8 Å². The summed E-state index contributed by atoms with van der Waals surface area (Å²) < 4.78 is 14.0. The summed E-state index contributed by atoms with van der Waals surface area (Å²) in [6, 6.07) is 6.87. The lowest BCUT2D eigenvalue weighted by Gasteiger charge is -2.38. The molecule has 1 aliphatic heterocycles. The first kappa shape index (κ1) is 23.5. The predicted molar refractivity (Wildman–Crippen MR) is 119 cm³/mol. The number of nitrogens with one attached hydrogen (secondary N) is 2. The fraction of sp³-hybridized carbons (Fsp3) is 0.579. The van der Waals surface area contributed by atoms with Gasteiger partial charge in [0.15, 0.2) is 5.96 Å². The van der Waals surface area contributed by atoms with Gasteiger partial charge in [0.05, 0.1) is 11.1 Å². The van der Waals surface area contributed by atoms with E-state index in [9.17, 15) is 9.18 Å². The molecule has 1 amide bonds. The number of amides is 1. The lowest BCUT2D eigenvalue weighted by Crippen LogP contribution is -2.54. The maximum absolute atomic E-state index is 14.0. The highest BCUT2D eigenvalue weighted by Crippen LogP contribution is 2.20. The zero-order valence-electron chi connectivity index (χ0n) is 16.6. The van der Waals surface area contributed by atoms with E-state index in [4.69, 9.17) is 0 Å². The molecule has 0 aromatic heterocycles. The Morgan fingerprint density at radius 1 is 1.19 bits per heavy atom. The number of guanidine groups is 1. The Balaban J connectivity index is 0.00000364. The topological polar surface area (TPSA) is 60.0 Å². The first-order chi connectivity index (χ1) is 12.4. The molecule has 152 valence electrons. The van der Waals surface area contributed by atoms with Crippen molar-refractivity contribution in [1.29, 1.82) is 0 Å². The van der Waals surface area contributed by atoms with E-state index in [1.54, 1.807) is 13.1 Å². The Morgan fingerprint density at radius 3 is 2.37 bits per heavy atom. The molecule has 0 spiro atoms. The van der Waals surface area contributed by atoms with Gasteiger partial charge >= 0.3 is 0 Å². The maximum atomic E-state index is 14.0. The van der Waals surface area contributed by atoms with Crippen LogP contribution in [-0.4, -0.2) is 63.1 Å². The highest BCUT2D eigenvalue weighted by Gasteiger charge is 2.28. The van der Waals surface area contributed by atoms with Crippen molar-refractivity contribution >= 4 is 41.5 Å². The number of para-hydroxylation sites is 1. The van der Waals surface area contributed by atoms with Gasteiger partial charge in [-0.05, 0) is 32.9 Å². The number of carbonyl (C=O) groups is 1. The van der Waals surface area contributed by atoms with Crippen LogP contribution in [0.5, 0.6) is 0 Å². The molecule has 0 unspecified atom stereocenters. The second-order valence-electron chi connectivity index (χ2n) is 7.07. The highest BCUT2D eigenvalue weighted by atomic mass is 127. The van der Waals surface area contributed by atoms with Gasteiger partial charge in [-0.3, -0.25) is 9.79 Å². The van der Waals surface area contributed by atoms with E-state index in [2.05, 4.69) is 25.4 Å². The fourth-order valence-corrected chi connectivity index (χ4v) is 2.98. The van der Waals surface area contributed by atoms with Crippen LogP contribution < -0.4 is 15.5 Å². The molecule has 1 fully saturated rings. The second-order valence-corrected chi connectivity index (χ2v) is 7.07. The third kappa shape index (κ3) is 6.22. The molecule has 0 atom stereocenters. The summed E-state index contributed by atoms with van der Waals surface area (Å²) in [5.74, 6) is 0.607. The van der Waals surface area contributed by atoms with Gasteiger partial charge in [-0.25, -0.2) is 4.39 Å². The van der Waals surface area contributed by atoms with Crippen molar-refractivity contribution in [3.8, 4) is 0 Å². The predicted octanol–water partition coefficient (Wildman–Crippen LogP) is 2.30. The molecule has 8 heteroatoms. The number of carbonyl (C=O) groups excluding carboxylic acids is 1. The quantitative estimate of drug-likeness (QED) is 0.377. The molecular weight excluding hydrogens is 460 g/mol. The Labute approximate surface area is 178 Å². The largest absolute Gasteiger partial charge is 0.366 e. The second kappa shape index (κ2) is 10.7. The molecule has 0 aliphatic carbocycles. The zero-order valence-corrected chi connectivity index (χ0v) is 18.9. The van der Waals surface area contributed by atoms with Crippen LogP contribution in [0.25, 0.3) is 0 Å². The summed E-state index contributed by atoms with van der Waals surface area (Å²) >= 11 is 0. The zero-order chi connectivity index (χ0) is 19.2. The van der Waals surface area contributed by atoms with Gasteiger partial charge in [0.2, 0.25) is 5.91 Å². The lowest BCUT2D eigenvalue weighted by atomic mass is 9.92. The van der Waals surface area contributed by atoms with Crippen LogP contribution in [0.15, 0.2) is 29.3 Å². The lowest BCUT2D eigenvalue weighted by molar-refractivity contribution is -0.128. The van der Waals surface area contributed by atoms with Gasteiger partial charge in [-0.1, -0.05) is 12.1 Å². The molecule has 1 aliphatic rings. The summed E-state index contributed by atoms with van der Waals surface area (Å²) in [7, 11) is 1.74. The van der Waals surface area contributed by atoms with E-state index < -0.39 is 5.41 Å². The molecule has 6 nitrogen and oxygen atoms in total. The Kier molecular flexibility index (Phi) is 9.28. The van der Waals surface area contributed by atoms with Crippen molar-refractivity contribution in [3.05, 3.63) is 30.1 Å². The number of hydrogen-bond acceptors (Lipinski definition) is 3. The molecule has 0 radical (unpaired) electrons. The summed E-state index contributed by atoms with van der Waals surface area (Å²) in [5, 5.41) is 6.17. The van der Waals surface area contributed by atoms with Crippen LogP contribution in [0.4, 0.5) is 10.1 Å². The maximum Gasteiger partial charge on any atom is 0.227 e. The van der Waals surface area contributed by atoms with Crippen LogP contribution in [0.3, 0.4) is 0 Å². The average molecular weight is 491 g/mol. The summed E-state index contributed by atoms with van der Waals surface area (Å²) in [5.41, 5.74) is 0.119. The molecule has 1 aromatic rings. The van der Waals surface area contributed by atoms with Crippen molar-refractivity contribution in [3.63, 3.8) is 0 Å². The molecular formula is C19H31FIN5O. The number of benzene rings is 1. The van der Waals surface area contributed by atoms with Gasteiger partial charge in [-0.15, -0.1) is 24.0 Å². The first-order valence-electron chi connectivity index (χ1n) is 9.12. The molecule has 0 saturated carbocycles. The van der Waals surface area contributed by atoms with Crippen LogP contribution >= 0.6 is 24.0 Å². The molecule has 2 N–H and O–H groups in total. The van der Waals surface area contributed by atoms with E-state index in [0.29, 0.717) is 18.8 Å². The number of hydrogen-bond donors (Lipinski definition) is 2. The van der Waals surface area contributed by atoms with E-state index in [0.717, 1.165) is 32.1 Å². The number of rotatable bonds is 5. The normalized spacial score (nSPS) is 15.2. The summed E-state index contributed by atoms with van der Waals surface area (Å²) in [4.78, 5) is 20.7. The number of anilines is 1. The van der Waals surface area contributed by atoms with Crippen LogP contribution in [-0.2, 0) is 4.79 Å². The Morgan fingerprint density at radius 2 is 1.81 bits per heavy atom. The Hall–Kier alpha value is -1.58. The number of nitrogens with zero attached hydrogens (tertiary/aromatic N) is 3. The van der Waals surface area contributed by atoms with Crippen molar-refractivity contribution in [1.82, 2.24) is 15.5 Å². The minimum atomic E-state index is -0.527. The highest BCUT2D eigenvalue weighted by molar-refractivity contribution is 14.0. The third-order valence-corrected chi connectivity index (χ3v) is 4.62. The molecule has 2 rings (SSSR count). The number of aliphatic imine (C=N–C) groups is 1. The van der Waals surface area contributed by atoms with Crippen LogP contribution in [0.2, 0.25) is 0 Å². The van der Waals surface area contributed by atoms with Crippen molar-refractivity contribution in [2.75, 3.05) is 51.2 Å². The van der Waals surface area contributed by atoms with Gasteiger partial charge in [0.1, 0.15) is 5.82 Å². The molecule has 27 heavy (non-hydrogen) atoms. The first-order valence-corrected chi connectivity index (χ1v) is 9.12. The van der Waals surface area contributed by atoms with Crippen molar-refractivity contribution in [2.45, 2.75) is 20.8 Å². The van der Waals surface area contributed by atoms with E-state index >= 15 is 0 Å². The van der Waals surface area contributed by atoms with Gasteiger partial charge in [0.25, 0.3) is 0 Å². The summed E-state index contributed by atoms with van der Waals surface area (Å²) in [6.07, 6.45) is 0. The smallest absolute Gasteiger partial charge is 0.227 e. The van der Waals surface area contributed by atoms with Gasteiger partial charge in [0, 0.05) is 46.3 Å². The fourth-order valence-electron chi connectivity index (χ4n) is 2.98. The third-order valence-electron chi connectivity index (χ3n) is 4.62. The molecule has 0 bridgehead atoms. The van der Waals surface area contributed by atoms with E-state index in [1.165, 1.54) is 6.07 Å². The minimum Gasteiger partial charge on any atom is -0.366 e. The molecule has 1 heterocycles. The van der Waals surface area contributed by atoms with Crippen molar-refractivity contribution in [2.24, 2.45) is 10.4 Å². The summed E-state index contributed by atoms with van der Waals surface area (Å²) in [6.45, 7) is 9.79. The number of piperazine rings is 1. The standard InChI is InChI=1S/C19H30FN5O.HI/c1-5-22-17(26)19(2,3)14-23-18(21-4)25-12-10-24(11-13-25)16-9-7-6-8-15(16)20;/h6-9H,5,10-14H2,1-4H3,(H,21,23)(H,22,26);1H. The Bertz CT molecular complexity index is 645. The van der Waals surface area contributed by atoms with Crippen molar-refractivity contribution < 1.29 is 9.18 Å². The van der Waals surface area contributed by atoms with Gasteiger partial charge in [-0.2, -0.15) is 0 Å². The minimum absolute atomic E-state index is 0. The monoisotopic (exact) mass is 491 g/mol. The number of halogens is 2. The average Bonchev–Trinajstić information content (AvgIpc) is 2.63.